The Balaban J connectivity index is 1.42. The van der Waals surface area contributed by atoms with E-state index in [1.807, 2.05) is 43.9 Å². The quantitative estimate of drug-likeness (QED) is 0.646. The second kappa shape index (κ2) is 10.5. The maximum Gasteiger partial charge on any atom is 0.352 e. The molecule has 1 aromatic heterocycles. The van der Waals surface area contributed by atoms with E-state index in [1.165, 1.54) is 0 Å². The highest BCUT2D eigenvalue weighted by Crippen LogP contribution is 2.19. The fourth-order valence-corrected chi connectivity index (χ4v) is 4.07. The average molecular weight is 446 g/mol. The first-order chi connectivity index (χ1) is 14.9. The van der Waals surface area contributed by atoms with Crippen LogP contribution in [0.15, 0.2) is 18.2 Å². The molecule has 0 atom stereocenters. The molecule has 0 unspecified atom stereocenters. The number of benzene rings is 1. The molecule has 2 amide bonds. The third-order valence-corrected chi connectivity index (χ3v) is 5.99. The summed E-state index contributed by atoms with van der Waals surface area (Å²) in [5.74, 6) is -0.887. The van der Waals surface area contributed by atoms with Crippen LogP contribution in [-0.2, 0) is 20.7 Å². The number of carbonyl (C=O) groups excluding carboxylic acids is 3. The zero-order valence-corrected chi connectivity index (χ0v) is 18.8. The van der Waals surface area contributed by atoms with Crippen molar-refractivity contribution < 1.29 is 19.1 Å². The number of hydrogen-bond donors (Lipinski definition) is 1. The summed E-state index contributed by atoms with van der Waals surface area (Å²) in [6.45, 7) is 7.89. The number of esters is 1. The maximum atomic E-state index is 12.4. The molecule has 1 aliphatic heterocycles. The third kappa shape index (κ3) is 5.86. The monoisotopic (exact) mass is 445 g/mol. The summed E-state index contributed by atoms with van der Waals surface area (Å²) in [5.41, 5.74) is 3.48. The molecule has 1 N–H and O–H groups in total. The zero-order valence-electron chi connectivity index (χ0n) is 18.0. The van der Waals surface area contributed by atoms with Crippen molar-refractivity contribution in [2.24, 2.45) is 0 Å². The minimum Gasteiger partial charge on any atom is -0.451 e. The average Bonchev–Trinajstić information content (AvgIpc) is 3.24. The van der Waals surface area contributed by atoms with Crippen molar-refractivity contribution in [2.45, 2.75) is 27.2 Å². The Morgan fingerprint density at radius 3 is 2.45 bits per heavy atom. The topological polar surface area (TPSA) is 105 Å². The molecule has 1 fully saturated rings. The SMILES string of the molecule is CCc1nnsc1C(=O)OCC(=O)N1CCN(CC(=O)Nc2c(C)cccc2C)CC1. The smallest absolute Gasteiger partial charge is 0.352 e. The Morgan fingerprint density at radius 2 is 1.81 bits per heavy atom. The third-order valence-electron chi connectivity index (χ3n) is 5.24. The van der Waals surface area contributed by atoms with Crippen molar-refractivity contribution in [2.75, 3.05) is 44.6 Å². The first kappa shape index (κ1) is 22.8. The number of anilines is 1. The van der Waals surface area contributed by atoms with Crippen LogP contribution in [0.25, 0.3) is 0 Å². The molecule has 2 aromatic rings. The fraction of sp³-hybridized carbons (Fsp3) is 0.476. The molecule has 1 aliphatic rings. The Hall–Kier alpha value is -2.85. The minimum atomic E-state index is -0.568. The molecule has 10 heteroatoms. The van der Waals surface area contributed by atoms with Gasteiger partial charge < -0.3 is 15.0 Å². The number of piperazine rings is 1. The summed E-state index contributed by atoms with van der Waals surface area (Å²) < 4.78 is 8.90. The first-order valence-corrected chi connectivity index (χ1v) is 11.0. The number of ether oxygens (including phenoxy) is 1. The lowest BCUT2D eigenvalue weighted by molar-refractivity contribution is -0.136. The molecule has 1 aromatic carbocycles. The van der Waals surface area contributed by atoms with E-state index < -0.39 is 5.97 Å². The van der Waals surface area contributed by atoms with Crippen LogP contribution >= 0.6 is 11.5 Å². The molecular weight excluding hydrogens is 418 g/mol. The second-order valence-corrected chi connectivity index (χ2v) is 8.20. The summed E-state index contributed by atoms with van der Waals surface area (Å²) >= 11 is 0.972. The van der Waals surface area contributed by atoms with Crippen LogP contribution in [0.3, 0.4) is 0 Å². The number of nitrogens with one attached hydrogen (secondary N) is 1. The van der Waals surface area contributed by atoms with Crippen molar-refractivity contribution in [1.29, 1.82) is 0 Å². The molecule has 0 bridgehead atoms. The van der Waals surface area contributed by atoms with Crippen molar-refractivity contribution in [3.8, 4) is 0 Å². The van der Waals surface area contributed by atoms with Crippen LogP contribution < -0.4 is 5.32 Å². The van der Waals surface area contributed by atoms with Crippen LogP contribution in [0.1, 0.15) is 33.4 Å². The Kier molecular flexibility index (Phi) is 7.69. The van der Waals surface area contributed by atoms with E-state index in [4.69, 9.17) is 4.74 Å². The van der Waals surface area contributed by atoms with Gasteiger partial charge in [0, 0.05) is 31.9 Å². The summed E-state index contributed by atoms with van der Waals surface area (Å²) in [5, 5.41) is 6.86. The van der Waals surface area contributed by atoms with Crippen molar-refractivity contribution >= 4 is 35.0 Å². The molecule has 0 radical (unpaired) electrons. The highest BCUT2D eigenvalue weighted by atomic mass is 32.1. The number of aromatic nitrogens is 2. The van der Waals surface area contributed by atoms with Gasteiger partial charge in [-0.3, -0.25) is 14.5 Å². The van der Waals surface area contributed by atoms with Gasteiger partial charge in [0.25, 0.3) is 5.91 Å². The van der Waals surface area contributed by atoms with E-state index in [1.54, 1.807) is 4.90 Å². The summed E-state index contributed by atoms with van der Waals surface area (Å²) in [4.78, 5) is 41.0. The summed E-state index contributed by atoms with van der Waals surface area (Å²) in [7, 11) is 0. The van der Waals surface area contributed by atoms with Crippen molar-refractivity contribution in [3.05, 3.63) is 39.9 Å². The number of nitrogens with zero attached hydrogens (tertiary/aromatic N) is 4. The normalized spacial score (nSPS) is 14.4. The van der Waals surface area contributed by atoms with Gasteiger partial charge >= 0.3 is 5.97 Å². The number of amides is 2. The molecular formula is C21H27N5O4S. The lowest BCUT2D eigenvalue weighted by Gasteiger charge is -2.34. The van der Waals surface area contributed by atoms with E-state index in [9.17, 15) is 14.4 Å². The Morgan fingerprint density at radius 1 is 1.13 bits per heavy atom. The molecule has 0 spiro atoms. The highest BCUT2D eigenvalue weighted by Gasteiger charge is 2.24. The van der Waals surface area contributed by atoms with Crippen LogP contribution in [0.5, 0.6) is 0 Å². The van der Waals surface area contributed by atoms with Gasteiger partial charge in [0.05, 0.1) is 12.2 Å². The number of aryl methyl sites for hydroxylation is 3. The number of para-hydroxylation sites is 1. The van der Waals surface area contributed by atoms with Crippen LogP contribution in [0, 0.1) is 13.8 Å². The van der Waals surface area contributed by atoms with Gasteiger partial charge in [-0.25, -0.2) is 4.79 Å². The van der Waals surface area contributed by atoms with E-state index >= 15 is 0 Å². The molecule has 1 saturated heterocycles. The molecule has 166 valence electrons. The highest BCUT2D eigenvalue weighted by molar-refractivity contribution is 7.07. The Bertz CT molecular complexity index is 933. The number of hydrogen-bond acceptors (Lipinski definition) is 8. The van der Waals surface area contributed by atoms with Gasteiger partial charge in [0.1, 0.15) is 0 Å². The van der Waals surface area contributed by atoms with Crippen molar-refractivity contribution in [3.63, 3.8) is 0 Å². The van der Waals surface area contributed by atoms with E-state index in [2.05, 4.69) is 14.9 Å². The standard InChI is InChI=1S/C21H27N5O4S/c1-4-16-20(31-24-23-16)21(29)30-13-18(28)26-10-8-25(9-11-26)12-17(27)22-19-14(2)6-5-7-15(19)3/h5-7H,4,8-13H2,1-3H3,(H,22,27). The minimum absolute atomic E-state index is 0.0731. The number of rotatable bonds is 7. The van der Waals surface area contributed by atoms with Gasteiger partial charge in [0.2, 0.25) is 5.91 Å². The Labute approximate surface area is 185 Å². The van der Waals surface area contributed by atoms with Gasteiger partial charge in [-0.05, 0) is 42.9 Å². The molecule has 2 heterocycles. The molecule has 31 heavy (non-hydrogen) atoms. The lowest BCUT2D eigenvalue weighted by atomic mass is 10.1. The summed E-state index contributed by atoms with van der Waals surface area (Å²) in [6.07, 6.45) is 0.577. The van der Waals surface area contributed by atoms with Gasteiger partial charge in [-0.15, -0.1) is 5.10 Å². The van der Waals surface area contributed by atoms with Gasteiger partial charge in [0.15, 0.2) is 11.5 Å². The van der Waals surface area contributed by atoms with Crippen LogP contribution in [0.4, 0.5) is 5.69 Å². The van der Waals surface area contributed by atoms with E-state index in [-0.39, 0.29) is 25.0 Å². The van der Waals surface area contributed by atoms with Crippen molar-refractivity contribution in [1.82, 2.24) is 19.4 Å². The molecule has 9 nitrogen and oxygen atoms in total. The zero-order chi connectivity index (χ0) is 22.4. The molecule has 3 rings (SSSR count). The van der Waals surface area contributed by atoms with Gasteiger partial charge in [-0.2, -0.15) is 0 Å². The predicted octanol–water partition coefficient (Wildman–Crippen LogP) is 1.66. The van der Waals surface area contributed by atoms with Gasteiger partial charge in [-0.1, -0.05) is 29.6 Å². The molecule has 0 saturated carbocycles. The van der Waals surface area contributed by atoms with E-state index in [0.29, 0.717) is 43.2 Å². The maximum absolute atomic E-state index is 12.4. The van der Waals surface area contributed by atoms with Crippen LogP contribution in [-0.4, -0.2) is 76.5 Å². The predicted molar refractivity (Wildman–Crippen MR) is 117 cm³/mol. The first-order valence-electron chi connectivity index (χ1n) is 10.2. The van der Waals surface area contributed by atoms with E-state index in [0.717, 1.165) is 28.3 Å². The fourth-order valence-electron chi connectivity index (χ4n) is 3.43. The van der Waals surface area contributed by atoms with Crippen LogP contribution in [0.2, 0.25) is 0 Å². The largest absolute Gasteiger partial charge is 0.451 e. The second-order valence-electron chi connectivity index (χ2n) is 7.45. The summed E-state index contributed by atoms with van der Waals surface area (Å²) in [6, 6.07) is 5.90. The lowest BCUT2D eigenvalue weighted by Crippen LogP contribution is -2.51. The molecule has 0 aliphatic carbocycles. The number of carbonyl (C=O) groups is 3.